The quantitative estimate of drug-likeness (QED) is 0.673. The highest BCUT2D eigenvalue weighted by molar-refractivity contribution is 7.13. The van der Waals surface area contributed by atoms with Crippen molar-refractivity contribution >= 4 is 17.2 Å². The first-order valence-electron chi connectivity index (χ1n) is 8.59. The topological polar surface area (TPSA) is 51.2 Å². The number of hydrogen-bond acceptors (Lipinski definition) is 4. The fourth-order valence-electron chi connectivity index (χ4n) is 2.55. The number of carbonyl (C=O) groups is 1. The molecular formula is C21H22N2O2S. The maximum atomic E-state index is 12.0. The summed E-state index contributed by atoms with van der Waals surface area (Å²) in [7, 11) is 0. The molecule has 0 unspecified atom stereocenters. The first-order valence-corrected chi connectivity index (χ1v) is 9.47. The monoisotopic (exact) mass is 366 g/mol. The molecule has 0 bridgehead atoms. The molecule has 0 saturated carbocycles. The van der Waals surface area contributed by atoms with Crippen LogP contribution in [-0.4, -0.2) is 24.0 Å². The summed E-state index contributed by atoms with van der Waals surface area (Å²) in [5, 5.41) is 5.93. The van der Waals surface area contributed by atoms with Crippen molar-refractivity contribution in [2.45, 2.75) is 19.8 Å². The van der Waals surface area contributed by atoms with Crippen LogP contribution in [0.15, 0.2) is 60.0 Å². The number of nitrogens with one attached hydrogen (secondary N) is 1. The van der Waals surface area contributed by atoms with E-state index in [0.717, 1.165) is 16.3 Å². The Balaban J connectivity index is 1.45. The zero-order valence-electron chi connectivity index (χ0n) is 14.9. The molecular weight excluding hydrogens is 344 g/mol. The molecule has 0 spiro atoms. The molecule has 5 heteroatoms. The van der Waals surface area contributed by atoms with Crippen LogP contribution in [0.1, 0.15) is 24.1 Å². The normalized spacial score (nSPS) is 11.8. The molecule has 0 aliphatic carbocycles. The van der Waals surface area contributed by atoms with E-state index in [9.17, 15) is 4.79 Å². The van der Waals surface area contributed by atoms with E-state index < -0.39 is 0 Å². The van der Waals surface area contributed by atoms with Crippen molar-refractivity contribution in [3.63, 3.8) is 0 Å². The number of rotatable bonds is 7. The zero-order chi connectivity index (χ0) is 18.4. The van der Waals surface area contributed by atoms with Crippen molar-refractivity contribution in [1.82, 2.24) is 10.3 Å². The molecule has 4 nitrogen and oxygen atoms in total. The van der Waals surface area contributed by atoms with E-state index in [0.29, 0.717) is 12.3 Å². The van der Waals surface area contributed by atoms with Gasteiger partial charge in [-0.1, -0.05) is 37.3 Å². The van der Waals surface area contributed by atoms with Gasteiger partial charge in [0.2, 0.25) is 0 Å². The summed E-state index contributed by atoms with van der Waals surface area (Å²) in [4.78, 5) is 16.5. The Hall–Kier alpha value is -2.66. The van der Waals surface area contributed by atoms with E-state index in [4.69, 9.17) is 4.74 Å². The molecule has 26 heavy (non-hydrogen) atoms. The van der Waals surface area contributed by atoms with E-state index >= 15 is 0 Å². The maximum Gasteiger partial charge on any atom is 0.257 e. The first-order chi connectivity index (χ1) is 12.6. The summed E-state index contributed by atoms with van der Waals surface area (Å²) in [6, 6.07) is 17.8. The lowest BCUT2D eigenvalue weighted by Gasteiger charge is -2.13. The summed E-state index contributed by atoms with van der Waals surface area (Å²) in [6.07, 6.45) is 0. The van der Waals surface area contributed by atoms with Crippen molar-refractivity contribution in [3.8, 4) is 16.3 Å². The van der Waals surface area contributed by atoms with Gasteiger partial charge in [0.25, 0.3) is 5.91 Å². The number of benzene rings is 2. The number of amides is 1. The van der Waals surface area contributed by atoms with Crippen molar-refractivity contribution in [2.75, 3.05) is 13.2 Å². The molecule has 0 saturated heterocycles. The zero-order valence-corrected chi connectivity index (χ0v) is 15.8. The number of ether oxygens (including phenoxy) is 1. The number of thiazole rings is 1. The highest BCUT2D eigenvalue weighted by Crippen LogP contribution is 2.25. The van der Waals surface area contributed by atoms with Gasteiger partial charge in [-0.3, -0.25) is 4.79 Å². The van der Waals surface area contributed by atoms with Gasteiger partial charge < -0.3 is 10.1 Å². The molecule has 1 N–H and O–H groups in total. The van der Waals surface area contributed by atoms with Gasteiger partial charge in [-0.2, -0.15) is 0 Å². The summed E-state index contributed by atoms with van der Waals surface area (Å²) in [5.74, 6) is 0.821. The van der Waals surface area contributed by atoms with E-state index in [2.05, 4.69) is 29.4 Å². The van der Waals surface area contributed by atoms with Gasteiger partial charge in [-0.15, -0.1) is 11.3 Å². The summed E-state index contributed by atoms with van der Waals surface area (Å²) >= 11 is 1.62. The van der Waals surface area contributed by atoms with Crippen molar-refractivity contribution in [1.29, 1.82) is 0 Å². The molecule has 0 radical (unpaired) electrons. The average Bonchev–Trinajstić information content (AvgIpc) is 3.12. The molecule has 2 aromatic carbocycles. The van der Waals surface area contributed by atoms with Gasteiger partial charge in [0.1, 0.15) is 10.8 Å². The summed E-state index contributed by atoms with van der Waals surface area (Å²) in [6.45, 7) is 4.68. The van der Waals surface area contributed by atoms with Crippen LogP contribution in [0.5, 0.6) is 5.75 Å². The third kappa shape index (κ3) is 4.92. The predicted octanol–water partition coefficient (Wildman–Crippen LogP) is 4.42. The molecule has 1 heterocycles. The SMILES string of the molecule is Cc1csc(-c2ccc(OCC(=O)NC[C@H](C)c3ccccc3)cc2)n1. The van der Waals surface area contributed by atoms with Gasteiger partial charge >= 0.3 is 0 Å². The minimum absolute atomic E-state index is 0.0111. The standard InChI is InChI=1S/C21H22N2O2S/c1-15(17-6-4-3-5-7-17)12-22-20(24)13-25-19-10-8-18(9-11-19)21-23-16(2)14-26-21/h3-11,14-15H,12-13H2,1-2H3,(H,22,24)/t15-/m0/s1. The number of carbonyl (C=O) groups excluding carboxylic acids is 1. The van der Waals surface area contributed by atoms with Gasteiger partial charge in [-0.05, 0) is 42.7 Å². The third-order valence-electron chi connectivity index (χ3n) is 4.06. The van der Waals surface area contributed by atoms with Crippen molar-refractivity contribution in [3.05, 3.63) is 71.2 Å². The Bertz CT molecular complexity index is 844. The lowest BCUT2D eigenvalue weighted by Crippen LogP contribution is -2.31. The molecule has 1 aromatic heterocycles. The van der Waals surface area contributed by atoms with Crippen LogP contribution in [-0.2, 0) is 4.79 Å². The summed E-state index contributed by atoms with van der Waals surface area (Å²) < 4.78 is 5.57. The average molecular weight is 366 g/mol. The number of aromatic nitrogens is 1. The highest BCUT2D eigenvalue weighted by atomic mass is 32.1. The number of aryl methyl sites for hydroxylation is 1. The second kappa shape index (κ2) is 8.63. The van der Waals surface area contributed by atoms with Crippen LogP contribution in [0, 0.1) is 6.92 Å². The van der Waals surface area contributed by atoms with Crippen LogP contribution in [0.2, 0.25) is 0 Å². The van der Waals surface area contributed by atoms with Crippen LogP contribution in [0.4, 0.5) is 0 Å². The largest absolute Gasteiger partial charge is 0.484 e. The van der Waals surface area contributed by atoms with Crippen LogP contribution in [0.25, 0.3) is 10.6 Å². The highest BCUT2D eigenvalue weighted by Gasteiger charge is 2.08. The molecule has 1 atom stereocenters. The first kappa shape index (κ1) is 18.1. The van der Waals surface area contributed by atoms with Crippen molar-refractivity contribution < 1.29 is 9.53 Å². The molecule has 1 amide bonds. The van der Waals surface area contributed by atoms with Gasteiger partial charge in [0.15, 0.2) is 6.61 Å². The minimum atomic E-state index is -0.118. The number of hydrogen-bond donors (Lipinski definition) is 1. The Labute approximate surface area is 157 Å². The van der Waals surface area contributed by atoms with Crippen molar-refractivity contribution in [2.24, 2.45) is 0 Å². The molecule has 134 valence electrons. The van der Waals surface area contributed by atoms with E-state index in [1.54, 1.807) is 11.3 Å². The van der Waals surface area contributed by atoms with Gasteiger partial charge in [0.05, 0.1) is 0 Å². The van der Waals surface area contributed by atoms with E-state index in [-0.39, 0.29) is 18.4 Å². The number of nitrogens with zero attached hydrogens (tertiary/aromatic N) is 1. The van der Waals surface area contributed by atoms with Gasteiger partial charge in [0, 0.05) is 23.2 Å². The fraction of sp³-hybridized carbons (Fsp3) is 0.238. The lowest BCUT2D eigenvalue weighted by molar-refractivity contribution is -0.123. The maximum absolute atomic E-state index is 12.0. The third-order valence-corrected chi connectivity index (χ3v) is 5.07. The van der Waals surface area contributed by atoms with Crippen LogP contribution < -0.4 is 10.1 Å². The van der Waals surface area contributed by atoms with Gasteiger partial charge in [-0.25, -0.2) is 4.98 Å². The molecule has 3 aromatic rings. The predicted molar refractivity (Wildman–Crippen MR) is 106 cm³/mol. The Kier molecular flexibility index (Phi) is 6.02. The lowest BCUT2D eigenvalue weighted by atomic mass is 10.0. The Morgan fingerprint density at radius 3 is 2.54 bits per heavy atom. The molecule has 3 rings (SSSR count). The molecule has 0 aliphatic rings. The second-order valence-electron chi connectivity index (χ2n) is 6.22. The second-order valence-corrected chi connectivity index (χ2v) is 7.08. The van der Waals surface area contributed by atoms with E-state index in [1.165, 1.54) is 5.56 Å². The molecule has 0 aliphatic heterocycles. The molecule has 0 fully saturated rings. The van der Waals surface area contributed by atoms with Crippen LogP contribution >= 0.6 is 11.3 Å². The van der Waals surface area contributed by atoms with Crippen LogP contribution in [0.3, 0.4) is 0 Å². The fourth-order valence-corrected chi connectivity index (χ4v) is 3.35. The minimum Gasteiger partial charge on any atom is -0.484 e. The Morgan fingerprint density at radius 2 is 1.88 bits per heavy atom. The summed E-state index contributed by atoms with van der Waals surface area (Å²) in [5.41, 5.74) is 3.28. The smallest absolute Gasteiger partial charge is 0.257 e. The Morgan fingerprint density at radius 1 is 1.15 bits per heavy atom. The van der Waals surface area contributed by atoms with E-state index in [1.807, 2.05) is 54.8 Å².